The molecule has 0 spiro atoms. The Morgan fingerprint density at radius 3 is 2.55 bits per heavy atom. The molecule has 0 unspecified atom stereocenters. The van der Waals surface area contributed by atoms with E-state index < -0.39 is 29.9 Å². The number of carbonyl (C=O) groups excluding carboxylic acids is 1. The van der Waals surface area contributed by atoms with Crippen molar-refractivity contribution >= 4 is 23.4 Å². The molecule has 1 amide bonds. The van der Waals surface area contributed by atoms with Crippen LogP contribution in [-0.2, 0) is 15.7 Å². The number of halogens is 5. The van der Waals surface area contributed by atoms with E-state index >= 15 is 0 Å². The molecule has 11 heteroatoms. The molecule has 0 atom stereocenters. The number of hydrogen-bond donors (Lipinski definition) is 1. The summed E-state index contributed by atoms with van der Waals surface area (Å²) in [4.78, 5) is 14.1. The van der Waals surface area contributed by atoms with E-state index in [4.69, 9.17) is 9.47 Å². The zero-order valence-electron chi connectivity index (χ0n) is 17.5. The second-order valence-electron chi connectivity index (χ2n) is 6.91. The van der Waals surface area contributed by atoms with Crippen LogP contribution < -0.4 is 19.7 Å². The third kappa shape index (κ3) is 6.35. The van der Waals surface area contributed by atoms with Crippen LogP contribution in [0.1, 0.15) is 11.1 Å². The molecule has 1 aliphatic heterocycles. The summed E-state index contributed by atoms with van der Waals surface area (Å²) in [7, 11) is 1.26. The van der Waals surface area contributed by atoms with Gasteiger partial charge in [0.05, 0.1) is 31.6 Å². The summed E-state index contributed by atoms with van der Waals surface area (Å²) >= 11 is 0. The third-order valence-corrected chi connectivity index (χ3v) is 4.79. The molecule has 1 saturated heterocycles. The predicted molar refractivity (Wildman–Crippen MR) is 112 cm³/mol. The molecule has 3 rings (SSSR count). The molecule has 2 aromatic rings. The van der Waals surface area contributed by atoms with E-state index in [0.717, 1.165) is 18.2 Å². The summed E-state index contributed by atoms with van der Waals surface area (Å²) in [5.41, 5.74) is -0.979. The second-order valence-corrected chi connectivity index (χ2v) is 6.91. The van der Waals surface area contributed by atoms with Gasteiger partial charge in [0, 0.05) is 30.4 Å². The molecule has 0 radical (unpaired) electrons. The molecule has 0 aromatic heterocycles. The molecular formula is C22H21F5N2O4. The first kappa shape index (κ1) is 24.3. The first-order valence-electron chi connectivity index (χ1n) is 9.84. The minimum atomic E-state index is -4.71. The summed E-state index contributed by atoms with van der Waals surface area (Å²) in [6.45, 7) is -1.41. The molecular weight excluding hydrogens is 451 g/mol. The van der Waals surface area contributed by atoms with Crippen molar-refractivity contribution in [3.05, 3.63) is 53.6 Å². The maximum Gasteiger partial charge on any atom is 0.418 e. The Kier molecular flexibility index (Phi) is 7.75. The van der Waals surface area contributed by atoms with Crippen molar-refractivity contribution in [1.82, 2.24) is 0 Å². The maximum atomic E-state index is 13.6. The van der Waals surface area contributed by atoms with Crippen LogP contribution in [-0.4, -0.2) is 45.9 Å². The molecule has 33 heavy (non-hydrogen) atoms. The number of morpholine rings is 1. The van der Waals surface area contributed by atoms with E-state index in [2.05, 4.69) is 10.1 Å². The molecule has 0 bridgehead atoms. The molecule has 6 nitrogen and oxygen atoms in total. The number of para-hydroxylation sites is 1. The topological polar surface area (TPSA) is 60.0 Å². The summed E-state index contributed by atoms with van der Waals surface area (Å²) in [5, 5.41) is 2.20. The molecule has 1 aliphatic rings. The summed E-state index contributed by atoms with van der Waals surface area (Å²) in [6.07, 6.45) is -2.65. The van der Waals surface area contributed by atoms with Crippen molar-refractivity contribution in [1.29, 1.82) is 0 Å². The number of amides is 1. The number of rotatable bonds is 7. The lowest BCUT2D eigenvalue weighted by molar-refractivity contribution is -0.136. The number of carbonyl (C=O) groups is 1. The second kappa shape index (κ2) is 10.5. The molecule has 0 aliphatic carbocycles. The minimum Gasteiger partial charge on any atom is -0.493 e. The third-order valence-electron chi connectivity index (χ3n) is 4.79. The van der Waals surface area contributed by atoms with Gasteiger partial charge in [-0.15, -0.1) is 0 Å². The highest BCUT2D eigenvalue weighted by molar-refractivity contribution is 6.02. The lowest BCUT2D eigenvalue weighted by Gasteiger charge is -2.29. The maximum absolute atomic E-state index is 13.6. The SMILES string of the molecule is COc1cccc(C=CC(=O)Nc2ccc(N3CCOCC3)cc2C(F)(F)F)c1OC(F)F. The standard InChI is InChI=1S/C22H21F5N2O4/c1-31-18-4-2-3-14(20(18)33-21(23)24)5-8-19(30)28-17-7-6-15(13-16(17)22(25,26)27)29-9-11-32-12-10-29/h2-8,13,21H,9-12H2,1H3,(H,28,30). The van der Waals surface area contributed by atoms with E-state index in [1.165, 1.54) is 37.4 Å². The van der Waals surface area contributed by atoms with Gasteiger partial charge in [0.25, 0.3) is 0 Å². The molecule has 1 N–H and O–H groups in total. The van der Waals surface area contributed by atoms with Crippen LogP contribution in [0.25, 0.3) is 6.08 Å². The fourth-order valence-electron chi connectivity index (χ4n) is 3.27. The van der Waals surface area contributed by atoms with Gasteiger partial charge in [-0.25, -0.2) is 0 Å². The van der Waals surface area contributed by atoms with Crippen LogP contribution in [0.4, 0.5) is 33.3 Å². The van der Waals surface area contributed by atoms with Crippen molar-refractivity contribution in [3.8, 4) is 11.5 Å². The van der Waals surface area contributed by atoms with Crippen molar-refractivity contribution in [2.75, 3.05) is 43.6 Å². The predicted octanol–water partition coefficient (Wildman–Crippen LogP) is 4.80. The van der Waals surface area contributed by atoms with Gasteiger partial charge in [0.2, 0.25) is 5.91 Å². The fraction of sp³-hybridized carbons (Fsp3) is 0.318. The lowest BCUT2D eigenvalue weighted by atomic mass is 10.1. The van der Waals surface area contributed by atoms with Crippen LogP contribution in [0.2, 0.25) is 0 Å². The van der Waals surface area contributed by atoms with Crippen molar-refractivity contribution < 1.29 is 41.0 Å². The highest BCUT2D eigenvalue weighted by Gasteiger charge is 2.34. The Morgan fingerprint density at radius 2 is 1.91 bits per heavy atom. The first-order valence-corrected chi connectivity index (χ1v) is 9.84. The van der Waals surface area contributed by atoms with Gasteiger partial charge in [-0.1, -0.05) is 12.1 Å². The molecule has 1 heterocycles. The number of hydrogen-bond acceptors (Lipinski definition) is 5. The van der Waals surface area contributed by atoms with Gasteiger partial charge in [-0.3, -0.25) is 4.79 Å². The Hall–Kier alpha value is -3.34. The van der Waals surface area contributed by atoms with Crippen molar-refractivity contribution in [3.63, 3.8) is 0 Å². The quantitative estimate of drug-likeness (QED) is 0.463. The fourth-order valence-corrected chi connectivity index (χ4v) is 3.27. The van der Waals surface area contributed by atoms with Crippen LogP contribution in [0.15, 0.2) is 42.5 Å². The number of anilines is 2. The Balaban J connectivity index is 1.82. The van der Waals surface area contributed by atoms with Gasteiger partial charge in [-0.05, 0) is 30.3 Å². The minimum absolute atomic E-state index is 0.0101. The van der Waals surface area contributed by atoms with E-state index in [-0.39, 0.29) is 17.1 Å². The van der Waals surface area contributed by atoms with E-state index in [1.807, 2.05) is 0 Å². The Labute approximate surface area is 186 Å². The smallest absolute Gasteiger partial charge is 0.418 e. The summed E-state index contributed by atoms with van der Waals surface area (Å²) in [5.74, 6) is -1.17. The lowest BCUT2D eigenvalue weighted by Crippen LogP contribution is -2.36. The van der Waals surface area contributed by atoms with Crippen molar-refractivity contribution in [2.24, 2.45) is 0 Å². The highest BCUT2D eigenvalue weighted by atomic mass is 19.4. The summed E-state index contributed by atoms with van der Waals surface area (Å²) < 4.78 is 81.0. The highest BCUT2D eigenvalue weighted by Crippen LogP contribution is 2.38. The number of ether oxygens (including phenoxy) is 3. The first-order chi connectivity index (χ1) is 15.7. The Morgan fingerprint density at radius 1 is 1.18 bits per heavy atom. The molecule has 178 valence electrons. The van der Waals surface area contributed by atoms with Crippen LogP contribution >= 0.6 is 0 Å². The van der Waals surface area contributed by atoms with Crippen molar-refractivity contribution in [2.45, 2.75) is 12.8 Å². The average Bonchev–Trinajstić information content (AvgIpc) is 2.78. The number of alkyl halides is 5. The number of nitrogens with zero attached hydrogens (tertiary/aromatic N) is 1. The monoisotopic (exact) mass is 472 g/mol. The van der Waals surface area contributed by atoms with Gasteiger partial charge < -0.3 is 24.4 Å². The number of methoxy groups -OCH3 is 1. The van der Waals surface area contributed by atoms with E-state index in [9.17, 15) is 26.7 Å². The average molecular weight is 472 g/mol. The van der Waals surface area contributed by atoms with Gasteiger partial charge in [0.15, 0.2) is 11.5 Å². The van der Waals surface area contributed by atoms with E-state index in [1.54, 1.807) is 4.90 Å². The zero-order valence-corrected chi connectivity index (χ0v) is 17.5. The van der Waals surface area contributed by atoms with Gasteiger partial charge in [0.1, 0.15) is 0 Å². The van der Waals surface area contributed by atoms with Gasteiger partial charge >= 0.3 is 12.8 Å². The van der Waals surface area contributed by atoms with E-state index in [0.29, 0.717) is 32.0 Å². The van der Waals surface area contributed by atoms with Crippen LogP contribution in [0.5, 0.6) is 11.5 Å². The molecule has 1 fully saturated rings. The zero-order chi connectivity index (χ0) is 24.0. The largest absolute Gasteiger partial charge is 0.493 e. The number of nitrogens with one attached hydrogen (secondary N) is 1. The Bertz CT molecular complexity index is 1000. The normalized spacial score (nSPS) is 14.6. The number of benzene rings is 2. The molecule has 0 saturated carbocycles. The van der Waals surface area contributed by atoms with Crippen LogP contribution in [0, 0.1) is 0 Å². The molecule has 2 aromatic carbocycles. The summed E-state index contributed by atoms with van der Waals surface area (Å²) in [6, 6.07) is 7.90. The van der Waals surface area contributed by atoms with Crippen LogP contribution in [0.3, 0.4) is 0 Å². The van der Waals surface area contributed by atoms with Gasteiger partial charge in [-0.2, -0.15) is 22.0 Å².